The molecule has 0 N–H and O–H groups in total. The van der Waals surface area contributed by atoms with E-state index in [1.807, 2.05) is 37.9 Å². The van der Waals surface area contributed by atoms with Crippen LogP contribution in [0.2, 0.25) is 0 Å². The zero-order valence-corrected chi connectivity index (χ0v) is 14.3. The van der Waals surface area contributed by atoms with E-state index in [0.29, 0.717) is 23.2 Å². The highest BCUT2D eigenvalue weighted by molar-refractivity contribution is 5.95. The molecule has 0 saturated carbocycles. The largest absolute Gasteiger partial charge is 0.466 e. The monoisotopic (exact) mass is 326 g/mol. The number of hydrogen-bond donors (Lipinski definition) is 0. The lowest BCUT2D eigenvalue weighted by molar-refractivity contribution is 0.0781. The first kappa shape index (κ1) is 15.2. The summed E-state index contributed by atoms with van der Waals surface area (Å²) in [7, 11) is 0. The van der Waals surface area contributed by atoms with Crippen LogP contribution in [0.15, 0.2) is 23.0 Å². The van der Waals surface area contributed by atoms with Gasteiger partial charge in [0.1, 0.15) is 23.7 Å². The molecular weight excluding hydrogens is 304 g/mol. The Morgan fingerprint density at radius 1 is 1.17 bits per heavy atom. The number of carbonyl (C=O) groups excluding carboxylic acids is 1. The van der Waals surface area contributed by atoms with Crippen molar-refractivity contribution in [3.8, 4) is 0 Å². The lowest BCUT2D eigenvalue weighted by Crippen LogP contribution is -2.33. The third-order valence-corrected chi connectivity index (χ3v) is 5.21. The molecule has 4 heterocycles. The number of likely N-dealkylation sites (tertiary alicyclic amines) is 1. The van der Waals surface area contributed by atoms with E-state index in [1.54, 1.807) is 6.33 Å². The van der Waals surface area contributed by atoms with Crippen LogP contribution in [0.3, 0.4) is 0 Å². The Balaban J connectivity index is 1.46. The fourth-order valence-corrected chi connectivity index (χ4v) is 4.07. The Kier molecular flexibility index (Phi) is 3.55. The highest BCUT2D eigenvalue weighted by Gasteiger charge is 2.42. The summed E-state index contributed by atoms with van der Waals surface area (Å²) in [6, 6.07) is 1.85. The highest BCUT2D eigenvalue weighted by atomic mass is 16.3. The molecule has 2 aromatic heterocycles. The van der Waals surface area contributed by atoms with Crippen molar-refractivity contribution in [3.63, 3.8) is 0 Å². The average Bonchev–Trinajstić information content (AvgIpc) is 3.19. The van der Waals surface area contributed by atoms with E-state index in [9.17, 15) is 4.79 Å². The van der Waals surface area contributed by atoms with Gasteiger partial charge in [0.25, 0.3) is 5.91 Å². The van der Waals surface area contributed by atoms with Crippen LogP contribution >= 0.6 is 0 Å². The van der Waals surface area contributed by atoms with Gasteiger partial charge in [-0.15, -0.1) is 0 Å². The van der Waals surface area contributed by atoms with E-state index in [2.05, 4.69) is 14.9 Å². The molecule has 126 valence electrons. The Morgan fingerprint density at radius 3 is 2.46 bits per heavy atom. The summed E-state index contributed by atoms with van der Waals surface area (Å²) >= 11 is 0. The number of anilines is 1. The van der Waals surface area contributed by atoms with Crippen molar-refractivity contribution < 1.29 is 9.21 Å². The first-order valence-electron chi connectivity index (χ1n) is 8.41. The lowest BCUT2D eigenvalue weighted by Gasteiger charge is -2.23. The minimum absolute atomic E-state index is 0.100. The van der Waals surface area contributed by atoms with Gasteiger partial charge in [0.15, 0.2) is 0 Å². The maximum atomic E-state index is 12.7. The number of rotatable bonds is 2. The summed E-state index contributed by atoms with van der Waals surface area (Å²) in [4.78, 5) is 25.6. The van der Waals surface area contributed by atoms with Gasteiger partial charge in [-0.3, -0.25) is 4.79 Å². The maximum Gasteiger partial charge on any atom is 0.257 e. The van der Waals surface area contributed by atoms with E-state index >= 15 is 0 Å². The Morgan fingerprint density at radius 2 is 1.88 bits per heavy atom. The van der Waals surface area contributed by atoms with Crippen LogP contribution in [0, 0.1) is 32.6 Å². The molecule has 4 rings (SSSR count). The first-order chi connectivity index (χ1) is 11.5. The van der Waals surface area contributed by atoms with Crippen LogP contribution in [0.1, 0.15) is 27.4 Å². The number of nitrogens with zero attached hydrogens (tertiary/aromatic N) is 4. The first-order valence-corrected chi connectivity index (χ1v) is 8.41. The number of aryl methyl sites for hydroxylation is 3. The third kappa shape index (κ3) is 2.46. The summed E-state index contributed by atoms with van der Waals surface area (Å²) in [5.41, 5.74) is 1.81. The molecule has 2 saturated heterocycles. The van der Waals surface area contributed by atoms with Gasteiger partial charge < -0.3 is 14.2 Å². The van der Waals surface area contributed by atoms with Crippen molar-refractivity contribution >= 4 is 11.7 Å². The average molecular weight is 326 g/mol. The van der Waals surface area contributed by atoms with E-state index in [-0.39, 0.29) is 5.91 Å². The molecule has 2 fully saturated rings. The van der Waals surface area contributed by atoms with Gasteiger partial charge in [0, 0.05) is 49.8 Å². The van der Waals surface area contributed by atoms with Gasteiger partial charge in [0.05, 0.1) is 5.56 Å². The van der Waals surface area contributed by atoms with Gasteiger partial charge in [0.2, 0.25) is 0 Å². The molecule has 0 spiro atoms. The lowest BCUT2D eigenvalue weighted by atomic mass is 10.0. The molecule has 0 radical (unpaired) electrons. The predicted molar refractivity (Wildman–Crippen MR) is 90.0 cm³/mol. The fraction of sp³-hybridized carbons (Fsp3) is 0.500. The van der Waals surface area contributed by atoms with Gasteiger partial charge in [-0.1, -0.05) is 0 Å². The quantitative estimate of drug-likeness (QED) is 0.847. The summed E-state index contributed by atoms with van der Waals surface area (Å²) < 4.78 is 5.51. The zero-order chi connectivity index (χ0) is 16.8. The van der Waals surface area contributed by atoms with Gasteiger partial charge in [-0.2, -0.15) is 0 Å². The summed E-state index contributed by atoms with van der Waals surface area (Å²) in [5.74, 6) is 3.66. The molecule has 24 heavy (non-hydrogen) atoms. The summed E-state index contributed by atoms with van der Waals surface area (Å²) in [5, 5.41) is 0. The van der Waals surface area contributed by atoms with Crippen molar-refractivity contribution in [1.29, 1.82) is 0 Å². The Bertz CT molecular complexity index is 771. The molecule has 2 aliphatic heterocycles. The third-order valence-electron chi connectivity index (χ3n) is 5.21. The van der Waals surface area contributed by atoms with Crippen LogP contribution in [0.25, 0.3) is 0 Å². The van der Waals surface area contributed by atoms with Crippen LogP contribution < -0.4 is 4.90 Å². The van der Waals surface area contributed by atoms with E-state index in [1.165, 1.54) is 0 Å². The molecular formula is C18H22N4O2. The molecule has 6 heteroatoms. The van der Waals surface area contributed by atoms with Crippen LogP contribution in [-0.2, 0) is 0 Å². The molecule has 0 aromatic carbocycles. The SMILES string of the molecule is Cc1cc(C(=O)N2CC3CN(c4ncncc4C)CC3C2)c(C)o1. The predicted octanol–water partition coefficient (Wildman–Crippen LogP) is 2.20. The maximum absolute atomic E-state index is 12.7. The van der Waals surface area contributed by atoms with Crippen molar-refractivity contribution in [2.24, 2.45) is 11.8 Å². The Labute approximate surface area is 141 Å². The number of amides is 1. The second-order valence-electron chi connectivity index (χ2n) is 6.99. The van der Waals surface area contributed by atoms with Crippen molar-refractivity contribution in [2.45, 2.75) is 20.8 Å². The summed E-state index contributed by atoms with van der Waals surface area (Å²) in [6.07, 6.45) is 3.46. The molecule has 1 amide bonds. The molecule has 2 aromatic rings. The van der Waals surface area contributed by atoms with Gasteiger partial charge >= 0.3 is 0 Å². The van der Waals surface area contributed by atoms with Crippen molar-refractivity contribution in [2.75, 3.05) is 31.1 Å². The van der Waals surface area contributed by atoms with Crippen LogP contribution in [0.4, 0.5) is 5.82 Å². The second kappa shape index (κ2) is 5.61. The number of fused-ring (bicyclic) bond motifs is 1. The number of hydrogen-bond acceptors (Lipinski definition) is 5. The zero-order valence-electron chi connectivity index (χ0n) is 14.3. The van der Waals surface area contributed by atoms with Gasteiger partial charge in [-0.05, 0) is 26.8 Å². The minimum Gasteiger partial charge on any atom is -0.466 e. The van der Waals surface area contributed by atoms with E-state index in [4.69, 9.17) is 4.42 Å². The molecule has 2 aliphatic rings. The van der Waals surface area contributed by atoms with Crippen molar-refractivity contribution in [1.82, 2.24) is 14.9 Å². The molecule has 6 nitrogen and oxygen atoms in total. The molecule has 2 atom stereocenters. The topological polar surface area (TPSA) is 62.5 Å². The van der Waals surface area contributed by atoms with Crippen LogP contribution in [0.5, 0.6) is 0 Å². The van der Waals surface area contributed by atoms with Crippen LogP contribution in [-0.4, -0.2) is 47.0 Å². The minimum atomic E-state index is 0.100. The Hall–Kier alpha value is -2.37. The smallest absolute Gasteiger partial charge is 0.257 e. The number of carbonyl (C=O) groups is 1. The summed E-state index contributed by atoms with van der Waals surface area (Å²) in [6.45, 7) is 9.32. The second-order valence-corrected chi connectivity index (χ2v) is 6.99. The molecule has 0 bridgehead atoms. The standard InChI is InChI=1S/C18H22N4O2/c1-11-5-19-10-20-17(11)21-6-14-8-22(9-15(14)7-21)18(23)16-4-12(2)24-13(16)3/h4-5,10,14-15H,6-9H2,1-3H3. The highest BCUT2D eigenvalue weighted by Crippen LogP contribution is 2.35. The van der Waals surface area contributed by atoms with E-state index < -0.39 is 0 Å². The molecule has 0 aliphatic carbocycles. The number of aromatic nitrogens is 2. The fourth-order valence-electron chi connectivity index (χ4n) is 4.07. The normalized spacial score (nSPS) is 23.0. The van der Waals surface area contributed by atoms with Crippen molar-refractivity contribution in [3.05, 3.63) is 41.2 Å². The number of furan rings is 1. The van der Waals surface area contributed by atoms with E-state index in [0.717, 1.165) is 43.3 Å². The van der Waals surface area contributed by atoms with Gasteiger partial charge in [-0.25, -0.2) is 9.97 Å². The molecule has 2 unspecified atom stereocenters.